The summed E-state index contributed by atoms with van der Waals surface area (Å²) < 4.78 is 44.2. The first-order chi connectivity index (χ1) is 15.6. The number of likely N-dealkylation sites (tertiary alicyclic amines) is 1. The Balaban J connectivity index is 1.35. The maximum atomic E-state index is 12.4. The second-order valence-electron chi connectivity index (χ2n) is 9.89. The lowest BCUT2D eigenvalue weighted by atomic mass is 9.83. The van der Waals surface area contributed by atoms with E-state index in [2.05, 4.69) is 38.3 Å². The smallest absolute Gasteiger partial charge is 0.471 e. The molecule has 1 aromatic rings. The summed E-state index contributed by atoms with van der Waals surface area (Å²) in [5, 5.41) is 2.14. The van der Waals surface area contributed by atoms with Gasteiger partial charge < -0.3 is 15.0 Å². The monoisotopic (exact) mass is 532 g/mol. The van der Waals surface area contributed by atoms with Crippen LogP contribution in [0.3, 0.4) is 0 Å². The SMILES string of the molecule is CC(C)Oc1ccc(Br)c(CC2CCN(CCC3CCC(NC(=O)C(F)(F)F)CC3)CC2)c1. The molecule has 1 aromatic carbocycles. The average molecular weight is 533 g/mol. The molecule has 186 valence electrons. The van der Waals surface area contributed by atoms with Crippen molar-refractivity contribution in [2.24, 2.45) is 11.8 Å². The molecule has 0 spiro atoms. The van der Waals surface area contributed by atoms with Gasteiger partial charge in [0.2, 0.25) is 0 Å². The third kappa shape index (κ3) is 8.46. The number of halogens is 4. The second-order valence-corrected chi connectivity index (χ2v) is 10.7. The highest BCUT2D eigenvalue weighted by Gasteiger charge is 2.40. The van der Waals surface area contributed by atoms with Crippen molar-refractivity contribution in [1.29, 1.82) is 0 Å². The Morgan fingerprint density at radius 2 is 1.79 bits per heavy atom. The average Bonchev–Trinajstić information content (AvgIpc) is 2.75. The van der Waals surface area contributed by atoms with Crippen molar-refractivity contribution in [1.82, 2.24) is 10.2 Å². The molecule has 3 rings (SSSR count). The van der Waals surface area contributed by atoms with Gasteiger partial charge >= 0.3 is 12.1 Å². The number of carbonyl (C=O) groups is 1. The summed E-state index contributed by atoms with van der Waals surface area (Å²) in [5.41, 5.74) is 1.31. The highest BCUT2D eigenvalue weighted by Crippen LogP contribution is 2.31. The van der Waals surface area contributed by atoms with Gasteiger partial charge in [-0.3, -0.25) is 4.79 Å². The van der Waals surface area contributed by atoms with Crippen molar-refractivity contribution in [2.45, 2.75) is 83.5 Å². The van der Waals surface area contributed by atoms with Crippen LogP contribution in [-0.4, -0.2) is 48.8 Å². The number of nitrogens with one attached hydrogen (secondary N) is 1. The van der Waals surface area contributed by atoms with E-state index in [4.69, 9.17) is 4.74 Å². The zero-order valence-corrected chi connectivity index (χ0v) is 21.2. The van der Waals surface area contributed by atoms with Gasteiger partial charge in [-0.25, -0.2) is 0 Å². The third-order valence-corrected chi connectivity index (χ3v) is 7.67. The Morgan fingerprint density at radius 3 is 2.39 bits per heavy atom. The maximum Gasteiger partial charge on any atom is 0.471 e. The molecule has 0 aromatic heterocycles. The molecule has 0 atom stereocenters. The second kappa shape index (κ2) is 11.9. The number of rotatable bonds is 8. The van der Waals surface area contributed by atoms with Crippen LogP contribution in [0.1, 0.15) is 64.4 Å². The van der Waals surface area contributed by atoms with Gasteiger partial charge in [-0.1, -0.05) is 15.9 Å². The third-order valence-electron chi connectivity index (χ3n) is 6.90. The molecule has 0 radical (unpaired) electrons. The fourth-order valence-corrected chi connectivity index (χ4v) is 5.41. The Kier molecular flexibility index (Phi) is 9.51. The van der Waals surface area contributed by atoms with Crippen LogP contribution in [0.4, 0.5) is 13.2 Å². The van der Waals surface area contributed by atoms with Gasteiger partial charge in [-0.15, -0.1) is 0 Å². The van der Waals surface area contributed by atoms with Crippen molar-refractivity contribution < 1.29 is 22.7 Å². The molecule has 4 nitrogen and oxygen atoms in total. The van der Waals surface area contributed by atoms with E-state index in [0.717, 1.165) is 55.5 Å². The van der Waals surface area contributed by atoms with E-state index in [9.17, 15) is 18.0 Å². The molecular formula is C25H36BrF3N2O2. The van der Waals surface area contributed by atoms with Crippen LogP contribution in [-0.2, 0) is 11.2 Å². The lowest BCUT2D eigenvalue weighted by Gasteiger charge is -2.34. The molecule has 0 bridgehead atoms. The lowest BCUT2D eigenvalue weighted by molar-refractivity contribution is -0.174. The Bertz CT molecular complexity index is 771. The van der Waals surface area contributed by atoms with E-state index in [-0.39, 0.29) is 12.1 Å². The largest absolute Gasteiger partial charge is 0.491 e. The summed E-state index contributed by atoms with van der Waals surface area (Å²) in [6.45, 7) is 7.32. The number of ether oxygens (including phenoxy) is 1. The maximum absolute atomic E-state index is 12.4. The minimum atomic E-state index is -4.79. The van der Waals surface area contributed by atoms with Gasteiger partial charge in [0.15, 0.2) is 0 Å². The van der Waals surface area contributed by atoms with E-state index in [1.165, 1.54) is 18.4 Å². The van der Waals surface area contributed by atoms with E-state index in [1.807, 2.05) is 19.9 Å². The minimum absolute atomic E-state index is 0.163. The van der Waals surface area contributed by atoms with Crippen LogP contribution in [0, 0.1) is 11.8 Å². The molecule has 8 heteroatoms. The molecule has 2 aliphatic rings. The van der Waals surface area contributed by atoms with E-state index in [1.54, 1.807) is 0 Å². The molecule has 1 amide bonds. The number of carbonyl (C=O) groups excluding carboxylic acids is 1. The number of piperidine rings is 1. The molecule has 1 saturated carbocycles. The van der Waals surface area contributed by atoms with Crippen LogP contribution < -0.4 is 10.1 Å². The van der Waals surface area contributed by atoms with Gasteiger partial charge in [-0.2, -0.15) is 13.2 Å². The van der Waals surface area contributed by atoms with Crippen LogP contribution in [0.15, 0.2) is 22.7 Å². The molecule has 0 unspecified atom stereocenters. The van der Waals surface area contributed by atoms with Crippen LogP contribution in [0.5, 0.6) is 5.75 Å². The van der Waals surface area contributed by atoms with Crippen LogP contribution in [0.25, 0.3) is 0 Å². The number of hydrogen-bond acceptors (Lipinski definition) is 3. The van der Waals surface area contributed by atoms with E-state index >= 15 is 0 Å². The van der Waals surface area contributed by atoms with E-state index < -0.39 is 12.1 Å². The van der Waals surface area contributed by atoms with Crippen molar-refractivity contribution in [3.05, 3.63) is 28.2 Å². The molecule has 1 aliphatic carbocycles. The van der Waals surface area contributed by atoms with Crippen molar-refractivity contribution in [2.75, 3.05) is 19.6 Å². The molecule has 1 heterocycles. The van der Waals surface area contributed by atoms with Gasteiger partial charge in [-0.05, 0) is 120 Å². The first-order valence-electron chi connectivity index (χ1n) is 12.1. The van der Waals surface area contributed by atoms with Crippen molar-refractivity contribution in [3.63, 3.8) is 0 Å². The standard InChI is InChI=1S/C25H36BrF3N2O2/c1-17(2)33-22-7-8-23(26)20(16-22)15-19-10-13-31(14-11-19)12-9-18-3-5-21(6-4-18)30-24(32)25(27,28)29/h7-8,16-19,21H,3-6,9-15H2,1-2H3,(H,30,32). The summed E-state index contributed by atoms with van der Waals surface area (Å²) in [6, 6.07) is 5.90. The lowest BCUT2D eigenvalue weighted by Crippen LogP contribution is -2.44. The fraction of sp³-hybridized carbons (Fsp3) is 0.720. The summed E-state index contributed by atoms with van der Waals surface area (Å²) in [5.74, 6) is 0.328. The molecule has 1 aliphatic heterocycles. The predicted octanol–water partition coefficient (Wildman–Crippen LogP) is 6.12. The van der Waals surface area contributed by atoms with Gasteiger partial charge in [0.1, 0.15) is 5.75 Å². The quantitative estimate of drug-likeness (QED) is 0.438. The van der Waals surface area contributed by atoms with E-state index in [0.29, 0.717) is 24.7 Å². The summed E-state index contributed by atoms with van der Waals surface area (Å²) >= 11 is 3.69. The minimum Gasteiger partial charge on any atom is -0.491 e. The van der Waals surface area contributed by atoms with Gasteiger partial charge in [0.25, 0.3) is 0 Å². The number of benzene rings is 1. The molecule has 2 fully saturated rings. The first-order valence-corrected chi connectivity index (χ1v) is 12.9. The molecular weight excluding hydrogens is 497 g/mol. The predicted molar refractivity (Wildman–Crippen MR) is 127 cm³/mol. The fourth-order valence-electron chi connectivity index (χ4n) is 5.01. The topological polar surface area (TPSA) is 41.6 Å². The Morgan fingerprint density at radius 1 is 1.12 bits per heavy atom. The number of alkyl halides is 3. The Labute approximate surface area is 203 Å². The van der Waals surface area contributed by atoms with Crippen LogP contribution >= 0.6 is 15.9 Å². The van der Waals surface area contributed by atoms with Gasteiger partial charge in [0.05, 0.1) is 6.10 Å². The van der Waals surface area contributed by atoms with Gasteiger partial charge in [0, 0.05) is 10.5 Å². The van der Waals surface area contributed by atoms with Crippen molar-refractivity contribution >= 4 is 21.8 Å². The molecule has 1 saturated heterocycles. The highest BCUT2D eigenvalue weighted by atomic mass is 79.9. The summed E-state index contributed by atoms with van der Waals surface area (Å²) in [7, 11) is 0. The number of amides is 1. The number of nitrogens with zero attached hydrogens (tertiary/aromatic N) is 1. The zero-order chi connectivity index (χ0) is 24.0. The normalized spacial score (nSPS) is 23.0. The Hall–Kier alpha value is -1.28. The first kappa shape index (κ1) is 26.3. The summed E-state index contributed by atoms with van der Waals surface area (Å²) in [4.78, 5) is 13.6. The highest BCUT2D eigenvalue weighted by molar-refractivity contribution is 9.10. The number of hydrogen-bond donors (Lipinski definition) is 1. The zero-order valence-electron chi connectivity index (χ0n) is 19.6. The molecule has 33 heavy (non-hydrogen) atoms. The summed E-state index contributed by atoms with van der Waals surface area (Å²) in [6.07, 6.45) is 2.94. The van der Waals surface area contributed by atoms with Crippen LogP contribution in [0.2, 0.25) is 0 Å². The van der Waals surface area contributed by atoms with Crippen molar-refractivity contribution in [3.8, 4) is 5.75 Å². The molecule has 1 N–H and O–H groups in total.